The maximum Gasteiger partial charge on any atom is 0.130 e. The molecule has 18 heavy (non-hydrogen) atoms. The van der Waals surface area contributed by atoms with E-state index >= 15 is 0 Å². The van der Waals surface area contributed by atoms with E-state index in [2.05, 4.69) is 0 Å². The van der Waals surface area contributed by atoms with Crippen molar-refractivity contribution in [2.24, 2.45) is 0 Å². The summed E-state index contributed by atoms with van der Waals surface area (Å²) in [5.74, 6) is 0. The first-order chi connectivity index (χ1) is 8.45. The predicted molar refractivity (Wildman–Crippen MR) is 70.3 cm³/mol. The number of hydrogen-bond donors (Lipinski definition) is 2. The van der Waals surface area contributed by atoms with Crippen LogP contribution in [0.25, 0.3) is 0 Å². The van der Waals surface area contributed by atoms with E-state index in [0.717, 1.165) is 12.8 Å². The van der Waals surface area contributed by atoms with Crippen LogP contribution in [0.2, 0.25) is 0 Å². The number of likely N-dealkylation sites (N-methyl/N-ethyl adjacent to an activating group) is 2. The highest BCUT2D eigenvalue weighted by atomic mass is 16.5. The second-order valence-electron chi connectivity index (χ2n) is 4.75. The van der Waals surface area contributed by atoms with Gasteiger partial charge < -0.3 is 19.7 Å². The zero-order valence-electron chi connectivity index (χ0n) is 12.0. The summed E-state index contributed by atoms with van der Waals surface area (Å²) in [5, 5.41) is 18.8. The van der Waals surface area contributed by atoms with Gasteiger partial charge in [0.25, 0.3) is 0 Å². The third-order valence-electron chi connectivity index (χ3n) is 2.55. The molecule has 0 fully saturated rings. The highest BCUT2D eigenvalue weighted by molar-refractivity contribution is 4.50. The van der Waals surface area contributed by atoms with Crippen molar-refractivity contribution >= 4 is 0 Å². The monoisotopic (exact) mass is 264 g/mol. The van der Waals surface area contributed by atoms with Crippen LogP contribution in [-0.4, -0.2) is 87.1 Å². The molecule has 0 aliphatic heterocycles. The van der Waals surface area contributed by atoms with Crippen LogP contribution in [0, 0.1) is 0 Å². The summed E-state index contributed by atoms with van der Waals surface area (Å²) < 4.78 is 10.6. The molecule has 110 valence electrons. The topological polar surface area (TPSA) is 65.4 Å². The Labute approximate surface area is 110 Å². The Bertz CT molecular complexity index is 171. The van der Waals surface area contributed by atoms with E-state index in [1.54, 1.807) is 38.0 Å². The molecule has 2 unspecified atom stereocenters. The lowest BCUT2D eigenvalue weighted by atomic mass is 10.3. The van der Waals surface area contributed by atoms with Gasteiger partial charge in [0.15, 0.2) is 0 Å². The third-order valence-corrected chi connectivity index (χ3v) is 2.55. The molecule has 0 rings (SSSR count). The Morgan fingerprint density at radius 1 is 0.778 bits per heavy atom. The lowest BCUT2D eigenvalue weighted by Crippen LogP contribution is -2.32. The zero-order valence-corrected chi connectivity index (χ0v) is 12.0. The number of aliphatic hydroxyl groups excluding tert-OH is 2. The van der Waals surface area contributed by atoms with Gasteiger partial charge in [0.2, 0.25) is 0 Å². The Morgan fingerprint density at radius 3 is 1.39 bits per heavy atom. The van der Waals surface area contributed by atoms with Gasteiger partial charge in [0.05, 0.1) is 13.2 Å². The number of rotatable bonds is 11. The minimum absolute atomic E-state index is 0.327. The molecule has 0 bridgehead atoms. The average molecular weight is 264 g/mol. The summed E-state index contributed by atoms with van der Waals surface area (Å²) >= 11 is 0. The van der Waals surface area contributed by atoms with E-state index in [4.69, 9.17) is 9.47 Å². The molecule has 0 aromatic heterocycles. The molecule has 2 N–H and O–H groups in total. The lowest BCUT2D eigenvalue weighted by molar-refractivity contribution is -0.0446. The normalized spacial score (nSPS) is 15.3. The molecular formula is C12H28N2O4. The van der Waals surface area contributed by atoms with Crippen molar-refractivity contribution in [1.82, 2.24) is 9.80 Å². The second-order valence-corrected chi connectivity index (χ2v) is 4.75. The Morgan fingerprint density at radius 2 is 1.11 bits per heavy atom. The fourth-order valence-corrected chi connectivity index (χ4v) is 1.08. The maximum atomic E-state index is 9.42. The molecule has 0 aromatic rings. The van der Waals surface area contributed by atoms with Gasteiger partial charge in [-0.3, -0.25) is 9.80 Å². The maximum absolute atomic E-state index is 9.42. The Hall–Kier alpha value is -0.240. The zero-order chi connectivity index (χ0) is 14.0. The molecule has 0 saturated carbocycles. The lowest BCUT2D eigenvalue weighted by Gasteiger charge is -2.18. The molecular weight excluding hydrogens is 236 g/mol. The van der Waals surface area contributed by atoms with Crippen molar-refractivity contribution in [2.75, 3.05) is 54.6 Å². The van der Waals surface area contributed by atoms with Gasteiger partial charge in [-0.25, -0.2) is 0 Å². The number of nitrogens with zero attached hydrogens (tertiary/aromatic N) is 2. The largest absolute Gasteiger partial charge is 0.377 e. The van der Waals surface area contributed by atoms with Crippen molar-refractivity contribution in [3.63, 3.8) is 0 Å². The summed E-state index contributed by atoms with van der Waals surface area (Å²) in [7, 11) is 7.21. The van der Waals surface area contributed by atoms with Crippen LogP contribution < -0.4 is 0 Å². The smallest absolute Gasteiger partial charge is 0.130 e. The molecule has 0 spiro atoms. The van der Waals surface area contributed by atoms with Crippen molar-refractivity contribution in [3.8, 4) is 0 Å². The summed E-state index contributed by atoms with van der Waals surface area (Å²) in [4.78, 5) is 3.40. The predicted octanol–water partition coefficient (Wildman–Crippen LogP) is -0.440. The first kappa shape index (κ1) is 17.8. The van der Waals surface area contributed by atoms with E-state index in [1.807, 2.05) is 0 Å². The van der Waals surface area contributed by atoms with Crippen LogP contribution in [0.1, 0.15) is 12.8 Å². The molecule has 2 atom stereocenters. The minimum atomic E-state index is -0.545. The van der Waals surface area contributed by atoms with Gasteiger partial charge >= 0.3 is 0 Å². The van der Waals surface area contributed by atoms with Crippen LogP contribution in [-0.2, 0) is 9.47 Å². The van der Waals surface area contributed by atoms with E-state index in [9.17, 15) is 10.2 Å². The SMILES string of the molecule is CN(C)C(O)COCCCCOCC(O)N(C)C. The molecule has 0 heterocycles. The van der Waals surface area contributed by atoms with Crippen LogP contribution in [0.15, 0.2) is 0 Å². The summed E-state index contributed by atoms with van der Waals surface area (Å²) in [6.07, 6.45) is 0.684. The first-order valence-electron chi connectivity index (χ1n) is 6.29. The molecule has 6 heteroatoms. The standard InChI is InChI=1S/C12H28N2O4/c1-13(2)11(15)9-17-7-5-6-8-18-10-12(16)14(3)4/h11-12,15-16H,5-10H2,1-4H3. The van der Waals surface area contributed by atoms with E-state index in [1.165, 1.54) is 0 Å². The molecule has 6 nitrogen and oxygen atoms in total. The van der Waals surface area contributed by atoms with Gasteiger partial charge in [-0.1, -0.05) is 0 Å². The quantitative estimate of drug-likeness (QED) is 0.390. The van der Waals surface area contributed by atoms with Gasteiger partial charge in [0.1, 0.15) is 12.5 Å². The van der Waals surface area contributed by atoms with Crippen molar-refractivity contribution in [3.05, 3.63) is 0 Å². The highest BCUT2D eigenvalue weighted by Crippen LogP contribution is 1.96. The molecule has 0 saturated heterocycles. The average Bonchev–Trinajstić information content (AvgIpc) is 2.31. The molecule has 0 aliphatic carbocycles. The van der Waals surface area contributed by atoms with Crippen LogP contribution in [0.3, 0.4) is 0 Å². The second kappa shape index (κ2) is 10.7. The van der Waals surface area contributed by atoms with Gasteiger partial charge in [-0.05, 0) is 41.0 Å². The van der Waals surface area contributed by atoms with Crippen molar-refractivity contribution in [2.45, 2.75) is 25.3 Å². The van der Waals surface area contributed by atoms with Crippen molar-refractivity contribution < 1.29 is 19.7 Å². The van der Waals surface area contributed by atoms with E-state index in [0.29, 0.717) is 26.4 Å². The number of unbranched alkanes of at least 4 members (excludes halogenated alkanes) is 1. The molecule has 0 aromatic carbocycles. The highest BCUT2D eigenvalue weighted by Gasteiger charge is 2.06. The minimum Gasteiger partial charge on any atom is -0.377 e. The van der Waals surface area contributed by atoms with Crippen LogP contribution in [0.5, 0.6) is 0 Å². The Kier molecular flexibility index (Phi) is 10.5. The summed E-state index contributed by atoms with van der Waals surface area (Å²) in [6, 6.07) is 0. The summed E-state index contributed by atoms with van der Waals surface area (Å²) in [5.41, 5.74) is 0. The summed E-state index contributed by atoms with van der Waals surface area (Å²) in [6.45, 7) is 1.88. The number of ether oxygens (including phenoxy) is 2. The van der Waals surface area contributed by atoms with Gasteiger partial charge in [-0.2, -0.15) is 0 Å². The van der Waals surface area contributed by atoms with E-state index < -0.39 is 12.5 Å². The Balaban J connectivity index is 3.22. The van der Waals surface area contributed by atoms with Crippen molar-refractivity contribution in [1.29, 1.82) is 0 Å². The van der Waals surface area contributed by atoms with E-state index in [-0.39, 0.29) is 0 Å². The number of aliphatic hydroxyl groups is 2. The van der Waals surface area contributed by atoms with Gasteiger partial charge in [-0.15, -0.1) is 0 Å². The van der Waals surface area contributed by atoms with Gasteiger partial charge in [0, 0.05) is 13.2 Å². The number of hydrogen-bond acceptors (Lipinski definition) is 6. The molecule has 0 radical (unpaired) electrons. The fourth-order valence-electron chi connectivity index (χ4n) is 1.08. The fraction of sp³-hybridized carbons (Fsp3) is 1.00. The first-order valence-corrected chi connectivity index (χ1v) is 6.29. The third kappa shape index (κ3) is 9.76. The van der Waals surface area contributed by atoms with Crippen LogP contribution >= 0.6 is 0 Å². The molecule has 0 amide bonds. The van der Waals surface area contributed by atoms with Crippen LogP contribution in [0.4, 0.5) is 0 Å². The molecule has 0 aliphatic rings.